The molecule has 166 valence electrons. The summed E-state index contributed by atoms with van der Waals surface area (Å²) in [4.78, 5) is 17.7. The van der Waals surface area contributed by atoms with Gasteiger partial charge in [0.05, 0.1) is 30.7 Å². The second-order valence-electron chi connectivity index (χ2n) is 8.27. The first-order valence-corrected chi connectivity index (χ1v) is 11.3. The molecule has 1 saturated heterocycles. The lowest BCUT2D eigenvalue weighted by atomic mass is 10.0. The quantitative estimate of drug-likeness (QED) is 0.743. The van der Waals surface area contributed by atoms with Crippen LogP contribution in [0.15, 0.2) is 42.5 Å². The number of halogens is 1. The molecule has 1 N–H and O–H groups in total. The van der Waals surface area contributed by atoms with Gasteiger partial charge >= 0.3 is 0 Å². The van der Waals surface area contributed by atoms with Crippen LogP contribution in [0.1, 0.15) is 23.6 Å². The third-order valence-electron chi connectivity index (χ3n) is 5.80. The molecule has 31 heavy (non-hydrogen) atoms. The largest absolute Gasteiger partial charge is 0.489 e. The fraction of sp³-hybridized carbons (Fsp3) is 0.458. The molecule has 0 aliphatic carbocycles. The summed E-state index contributed by atoms with van der Waals surface area (Å²) in [6, 6.07) is 13.8. The Morgan fingerprint density at radius 1 is 1.10 bits per heavy atom. The molecule has 0 radical (unpaired) electrons. The molecular formula is C24H30ClN3O3. The highest BCUT2D eigenvalue weighted by Gasteiger charge is 2.22. The monoisotopic (exact) mass is 443 g/mol. The number of carbonyl (C=O) groups excluding carboxylic acids is 1. The minimum Gasteiger partial charge on any atom is -0.489 e. The zero-order chi connectivity index (χ0) is 21.6. The van der Waals surface area contributed by atoms with Gasteiger partial charge in [0.1, 0.15) is 0 Å². The van der Waals surface area contributed by atoms with E-state index in [9.17, 15) is 4.79 Å². The molecule has 2 aromatic rings. The van der Waals surface area contributed by atoms with Crippen molar-refractivity contribution in [3.63, 3.8) is 0 Å². The van der Waals surface area contributed by atoms with Gasteiger partial charge in [0, 0.05) is 39.1 Å². The fourth-order valence-corrected chi connectivity index (χ4v) is 4.31. The van der Waals surface area contributed by atoms with E-state index in [1.165, 1.54) is 0 Å². The van der Waals surface area contributed by atoms with E-state index in [1.54, 1.807) is 6.07 Å². The van der Waals surface area contributed by atoms with E-state index in [2.05, 4.69) is 34.3 Å². The smallest absolute Gasteiger partial charge is 0.224 e. The average Bonchev–Trinajstić information content (AvgIpc) is 3.01. The molecule has 2 aliphatic rings. The van der Waals surface area contributed by atoms with Crippen molar-refractivity contribution in [3.05, 3.63) is 58.6 Å². The van der Waals surface area contributed by atoms with Crippen molar-refractivity contribution in [2.24, 2.45) is 0 Å². The van der Waals surface area contributed by atoms with Crippen LogP contribution in [-0.2, 0) is 11.2 Å². The first-order valence-electron chi connectivity index (χ1n) is 10.9. The predicted octanol–water partition coefficient (Wildman–Crippen LogP) is 3.15. The first kappa shape index (κ1) is 21.9. The molecule has 0 saturated carbocycles. The normalized spacial score (nSPS) is 18.3. The van der Waals surface area contributed by atoms with Crippen molar-refractivity contribution in [2.75, 3.05) is 53.0 Å². The summed E-state index contributed by atoms with van der Waals surface area (Å²) in [7, 11) is 2.15. The van der Waals surface area contributed by atoms with Crippen LogP contribution in [0.2, 0.25) is 5.02 Å². The molecule has 0 bridgehead atoms. The number of ether oxygens (including phenoxy) is 2. The van der Waals surface area contributed by atoms with Gasteiger partial charge in [-0.2, -0.15) is 0 Å². The summed E-state index contributed by atoms with van der Waals surface area (Å²) in [6.45, 7) is 6.07. The summed E-state index contributed by atoms with van der Waals surface area (Å²) in [5.74, 6) is 1.15. The fourth-order valence-electron chi connectivity index (χ4n) is 4.03. The zero-order valence-electron chi connectivity index (χ0n) is 18.0. The summed E-state index contributed by atoms with van der Waals surface area (Å²) < 4.78 is 11.4. The van der Waals surface area contributed by atoms with Gasteiger partial charge < -0.3 is 19.7 Å². The third kappa shape index (κ3) is 5.91. The Bertz CT molecular complexity index is 885. The molecule has 1 atom stereocenters. The Hall–Kier alpha value is -2.28. The molecular weight excluding hydrogens is 414 g/mol. The summed E-state index contributed by atoms with van der Waals surface area (Å²) in [5, 5.41) is 3.73. The number of rotatable bonds is 6. The third-order valence-corrected chi connectivity index (χ3v) is 6.08. The van der Waals surface area contributed by atoms with Gasteiger partial charge in [0.15, 0.2) is 11.5 Å². The van der Waals surface area contributed by atoms with Crippen molar-refractivity contribution in [2.45, 2.75) is 18.9 Å². The van der Waals surface area contributed by atoms with E-state index in [-0.39, 0.29) is 18.4 Å². The molecule has 7 heteroatoms. The maximum Gasteiger partial charge on any atom is 0.224 e. The van der Waals surface area contributed by atoms with Crippen LogP contribution in [-0.4, -0.2) is 68.7 Å². The topological polar surface area (TPSA) is 54.0 Å². The molecule has 0 aromatic heterocycles. The molecule has 0 spiro atoms. The van der Waals surface area contributed by atoms with Gasteiger partial charge in [-0.25, -0.2) is 0 Å². The molecule has 1 fully saturated rings. The van der Waals surface area contributed by atoms with Gasteiger partial charge in [-0.1, -0.05) is 41.9 Å². The number of likely N-dealkylation sites (N-methyl/N-ethyl adjacent to an activating group) is 1. The second kappa shape index (κ2) is 10.4. The van der Waals surface area contributed by atoms with Crippen molar-refractivity contribution in [1.29, 1.82) is 0 Å². The van der Waals surface area contributed by atoms with Crippen LogP contribution in [0.25, 0.3) is 0 Å². The number of hydrogen-bond donors (Lipinski definition) is 1. The Morgan fingerprint density at radius 2 is 1.84 bits per heavy atom. The molecule has 6 nitrogen and oxygen atoms in total. The van der Waals surface area contributed by atoms with Gasteiger partial charge in [0.2, 0.25) is 5.91 Å². The van der Waals surface area contributed by atoms with Crippen LogP contribution in [0.4, 0.5) is 0 Å². The van der Waals surface area contributed by atoms with E-state index in [1.807, 2.05) is 24.3 Å². The van der Waals surface area contributed by atoms with E-state index >= 15 is 0 Å². The van der Waals surface area contributed by atoms with E-state index < -0.39 is 0 Å². The molecule has 1 amide bonds. The predicted molar refractivity (Wildman–Crippen MR) is 122 cm³/mol. The first-order chi connectivity index (χ1) is 15.1. The van der Waals surface area contributed by atoms with Crippen LogP contribution < -0.4 is 14.8 Å². The molecule has 2 aromatic carbocycles. The number of amides is 1. The van der Waals surface area contributed by atoms with Crippen LogP contribution in [0.3, 0.4) is 0 Å². The lowest BCUT2D eigenvalue weighted by molar-refractivity contribution is -0.121. The number of hydrogen-bond acceptors (Lipinski definition) is 5. The second-order valence-corrected chi connectivity index (χ2v) is 8.67. The Balaban J connectivity index is 1.45. The number of nitrogens with one attached hydrogen (secondary N) is 1. The van der Waals surface area contributed by atoms with Gasteiger partial charge in [0.25, 0.3) is 0 Å². The highest BCUT2D eigenvalue weighted by molar-refractivity contribution is 6.32. The molecule has 4 rings (SSSR count). The van der Waals surface area contributed by atoms with Crippen LogP contribution >= 0.6 is 11.6 Å². The summed E-state index contributed by atoms with van der Waals surface area (Å²) >= 11 is 6.40. The maximum atomic E-state index is 13.0. The van der Waals surface area contributed by atoms with Crippen molar-refractivity contribution in [1.82, 2.24) is 15.1 Å². The molecule has 2 aliphatic heterocycles. The lowest BCUT2D eigenvalue weighted by Gasteiger charge is -2.35. The van der Waals surface area contributed by atoms with Crippen LogP contribution in [0.5, 0.6) is 11.5 Å². The number of fused-ring (bicyclic) bond motifs is 1. The number of benzene rings is 2. The SMILES string of the molecule is CN1CCN(CC(NC(=O)Cc2cc(Cl)c3c(c2)OCCCO3)c2ccccc2)CC1. The number of nitrogens with zero attached hydrogens (tertiary/aromatic N) is 2. The summed E-state index contributed by atoms with van der Waals surface area (Å²) in [6.07, 6.45) is 1.05. The van der Waals surface area contributed by atoms with Crippen molar-refractivity contribution < 1.29 is 14.3 Å². The van der Waals surface area contributed by atoms with E-state index in [0.29, 0.717) is 29.7 Å². The molecule has 1 unspecified atom stereocenters. The number of piperazine rings is 1. The zero-order valence-corrected chi connectivity index (χ0v) is 18.7. The van der Waals surface area contributed by atoms with Gasteiger partial charge in [-0.05, 0) is 30.3 Å². The minimum absolute atomic E-state index is 0.0338. The van der Waals surface area contributed by atoms with Crippen molar-refractivity contribution >= 4 is 17.5 Å². The Morgan fingerprint density at radius 3 is 2.61 bits per heavy atom. The van der Waals surface area contributed by atoms with Crippen LogP contribution in [0, 0.1) is 0 Å². The van der Waals surface area contributed by atoms with Crippen molar-refractivity contribution in [3.8, 4) is 11.5 Å². The highest BCUT2D eigenvalue weighted by Crippen LogP contribution is 2.38. The molecule has 2 heterocycles. The maximum absolute atomic E-state index is 13.0. The Labute approximate surface area is 189 Å². The average molecular weight is 444 g/mol. The number of carbonyl (C=O) groups is 1. The van der Waals surface area contributed by atoms with E-state index in [0.717, 1.165) is 50.3 Å². The van der Waals surface area contributed by atoms with E-state index in [4.69, 9.17) is 21.1 Å². The summed E-state index contributed by atoms with van der Waals surface area (Å²) in [5.41, 5.74) is 1.93. The minimum atomic E-state index is -0.0620. The highest BCUT2D eigenvalue weighted by atomic mass is 35.5. The Kier molecular flexibility index (Phi) is 7.33. The standard InChI is InChI=1S/C24H30ClN3O3/c1-27-8-10-28(11-9-27)17-21(19-6-3-2-4-7-19)26-23(29)16-18-14-20(25)24-22(15-18)30-12-5-13-31-24/h2-4,6-7,14-15,21H,5,8-13,16-17H2,1H3,(H,26,29). The van der Waals surface area contributed by atoms with Gasteiger partial charge in [-0.15, -0.1) is 0 Å². The lowest BCUT2D eigenvalue weighted by Crippen LogP contribution is -2.48. The van der Waals surface area contributed by atoms with Gasteiger partial charge in [-0.3, -0.25) is 9.69 Å².